The van der Waals surface area contributed by atoms with Crippen molar-refractivity contribution in [3.05, 3.63) is 5.82 Å². The van der Waals surface area contributed by atoms with Gasteiger partial charge in [-0.1, -0.05) is 38.5 Å². The fourth-order valence-electron chi connectivity index (χ4n) is 2.72. The summed E-state index contributed by atoms with van der Waals surface area (Å²) in [5.41, 5.74) is 0. The lowest BCUT2D eigenvalue weighted by molar-refractivity contribution is 0.307. The second kappa shape index (κ2) is 7.25. The second-order valence-electron chi connectivity index (χ2n) is 5.19. The third-order valence-electron chi connectivity index (χ3n) is 3.78. The van der Waals surface area contributed by atoms with E-state index in [0.717, 1.165) is 35.3 Å². The first-order chi connectivity index (χ1) is 9.26. The van der Waals surface area contributed by atoms with Crippen molar-refractivity contribution in [2.75, 3.05) is 0 Å². The standard InChI is InChI=1S/C14H21N3S2/c1-3-5-10-6-7-11(9-15)12(8-10)18-14-16-13(4-2)17-19-14/h10-12H,3-8H2,1-2H3. The van der Waals surface area contributed by atoms with Crippen LogP contribution in [0.4, 0.5) is 0 Å². The zero-order chi connectivity index (χ0) is 13.7. The number of nitrogens with zero attached hydrogens (tertiary/aromatic N) is 3. The Morgan fingerprint density at radius 1 is 1.42 bits per heavy atom. The molecular weight excluding hydrogens is 274 g/mol. The molecule has 3 atom stereocenters. The highest BCUT2D eigenvalue weighted by molar-refractivity contribution is 8.01. The average Bonchev–Trinajstić information content (AvgIpc) is 2.87. The molecule has 0 bridgehead atoms. The van der Waals surface area contributed by atoms with Crippen LogP contribution in [0, 0.1) is 23.2 Å². The molecule has 3 nitrogen and oxygen atoms in total. The molecule has 0 N–H and O–H groups in total. The molecule has 104 valence electrons. The molecule has 5 heteroatoms. The molecular formula is C14H21N3S2. The Bertz CT molecular complexity index is 438. The minimum Gasteiger partial charge on any atom is -0.213 e. The number of nitriles is 1. The lowest BCUT2D eigenvalue weighted by Gasteiger charge is -2.31. The van der Waals surface area contributed by atoms with Crippen LogP contribution in [0.2, 0.25) is 0 Å². The van der Waals surface area contributed by atoms with Gasteiger partial charge in [0, 0.05) is 11.7 Å². The van der Waals surface area contributed by atoms with Crippen LogP contribution < -0.4 is 0 Å². The Labute approximate surface area is 124 Å². The van der Waals surface area contributed by atoms with Crippen LogP contribution in [0.3, 0.4) is 0 Å². The quantitative estimate of drug-likeness (QED) is 0.812. The first-order valence-electron chi connectivity index (χ1n) is 7.15. The summed E-state index contributed by atoms with van der Waals surface area (Å²) >= 11 is 3.27. The first kappa shape index (κ1) is 14.8. The third-order valence-corrected chi connectivity index (χ3v) is 5.96. The van der Waals surface area contributed by atoms with Gasteiger partial charge in [-0.05, 0) is 36.7 Å². The molecule has 19 heavy (non-hydrogen) atoms. The van der Waals surface area contributed by atoms with Gasteiger partial charge in [0.1, 0.15) is 5.82 Å². The number of aromatic nitrogens is 2. The normalized spacial score (nSPS) is 27.1. The van der Waals surface area contributed by atoms with Crippen molar-refractivity contribution >= 4 is 23.3 Å². The minimum absolute atomic E-state index is 0.187. The molecule has 0 radical (unpaired) electrons. The molecule has 0 aromatic carbocycles. The van der Waals surface area contributed by atoms with Crippen LogP contribution in [0.5, 0.6) is 0 Å². The maximum absolute atomic E-state index is 9.31. The lowest BCUT2D eigenvalue weighted by Crippen LogP contribution is -2.26. The predicted octanol–water partition coefficient (Wildman–Crippen LogP) is 4.30. The molecule has 1 heterocycles. The summed E-state index contributed by atoms with van der Waals surface area (Å²) in [6.45, 7) is 4.32. The van der Waals surface area contributed by atoms with E-state index in [9.17, 15) is 5.26 Å². The summed E-state index contributed by atoms with van der Waals surface area (Å²) in [5.74, 6) is 1.92. The van der Waals surface area contributed by atoms with E-state index in [1.807, 2.05) is 0 Å². The van der Waals surface area contributed by atoms with Crippen molar-refractivity contribution in [1.82, 2.24) is 9.36 Å². The molecule has 1 aromatic rings. The number of rotatable bonds is 5. The van der Waals surface area contributed by atoms with Crippen LogP contribution in [-0.4, -0.2) is 14.6 Å². The molecule has 0 spiro atoms. The Hall–Kier alpha value is -0.600. The van der Waals surface area contributed by atoms with Gasteiger partial charge >= 0.3 is 0 Å². The Morgan fingerprint density at radius 2 is 2.26 bits per heavy atom. The minimum atomic E-state index is 0.187. The van der Waals surface area contributed by atoms with Crippen molar-refractivity contribution < 1.29 is 0 Å². The van der Waals surface area contributed by atoms with Gasteiger partial charge in [-0.25, -0.2) is 4.98 Å². The van der Waals surface area contributed by atoms with Gasteiger partial charge in [0.05, 0.1) is 12.0 Å². The highest BCUT2D eigenvalue weighted by Gasteiger charge is 2.31. The summed E-state index contributed by atoms with van der Waals surface area (Å²) in [6, 6.07) is 2.49. The van der Waals surface area contributed by atoms with Crippen molar-refractivity contribution in [3.8, 4) is 6.07 Å². The molecule has 1 aliphatic rings. The van der Waals surface area contributed by atoms with Crippen LogP contribution in [-0.2, 0) is 6.42 Å². The molecule has 0 aliphatic heterocycles. The van der Waals surface area contributed by atoms with Gasteiger partial charge in [0.2, 0.25) is 0 Å². The Balaban J connectivity index is 2.00. The van der Waals surface area contributed by atoms with Gasteiger partial charge in [-0.15, -0.1) is 0 Å². The largest absolute Gasteiger partial charge is 0.213 e. The van der Waals surface area contributed by atoms with Gasteiger partial charge in [-0.3, -0.25) is 0 Å². The molecule has 3 unspecified atom stereocenters. The zero-order valence-electron chi connectivity index (χ0n) is 11.6. The van der Waals surface area contributed by atoms with E-state index in [4.69, 9.17) is 0 Å². The number of hydrogen-bond acceptors (Lipinski definition) is 5. The van der Waals surface area contributed by atoms with E-state index in [1.165, 1.54) is 30.8 Å². The first-order valence-corrected chi connectivity index (χ1v) is 8.81. The maximum Gasteiger partial charge on any atom is 0.170 e. The van der Waals surface area contributed by atoms with Crippen molar-refractivity contribution in [2.24, 2.45) is 11.8 Å². The smallest absolute Gasteiger partial charge is 0.170 e. The fraction of sp³-hybridized carbons (Fsp3) is 0.786. The summed E-state index contributed by atoms with van der Waals surface area (Å²) in [7, 11) is 0. The van der Waals surface area contributed by atoms with E-state index in [0.29, 0.717) is 5.25 Å². The zero-order valence-corrected chi connectivity index (χ0v) is 13.3. The monoisotopic (exact) mass is 295 g/mol. The fourth-order valence-corrected chi connectivity index (χ4v) is 5.02. The number of thioether (sulfide) groups is 1. The SMILES string of the molecule is CCCC1CCC(C#N)C(Sc2nc(CC)ns2)C1. The highest BCUT2D eigenvalue weighted by atomic mass is 32.2. The Morgan fingerprint density at radius 3 is 2.89 bits per heavy atom. The Kier molecular flexibility index (Phi) is 5.65. The van der Waals surface area contributed by atoms with Gasteiger partial charge in [-0.2, -0.15) is 9.64 Å². The second-order valence-corrected chi connectivity index (χ2v) is 7.43. The van der Waals surface area contributed by atoms with Crippen LogP contribution in [0.1, 0.15) is 51.8 Å². The summed E-state index contributed by atoms with van der Waals surface area (Å²) in [5, 5.41) is 9.72. The molecule has 0 amide bonds. The molecule has 1 saturated carbocycles. The van der Waals surface area contributed by atoms with Crippen molar-refractivity contribution in [3.63, 3.8) is 0 Å². The summed E-state index contributed by atoms with van der Waals surface area (Å²) < 4.78 is 5.37. The molecule has 1 aromatic heterocycles. The molecule has 1 aliphatic carbocycles. The van der Waals surface area contributed by atoms with E-state index >= 15 is 0 Å². The van der Waals surface area contributed by atoms with Crippen LogP contribution in [0.25, 0.3) is 0 Å². The molecule has 2 rings (SSSR count). The topological polar surface area (TPSA) is 49.6 Å². The average molecular weight is 295 g/mol. The third kappa shape index (κ3) is 3.93. The van der Waals surface area contributed by atoms with Gasteiger partial charge in [0.25, 0.3) is 0 Å². The van der Waals surface area contributed by atoms with E-state index in [1.54, 1.807) is 11.8 Å². The van der Waals surface area contributed by atoms with Gasteiger partial charge in [0.15, 0.2) is 4.34 Å². The van der Waals surface area contributed by atoms with E-state index in [2.05, 4.69) is 29.3 Å². The number of aryl methyl sites for hydroxylation is 1. The molecule has 0 saturated heterocycles. The highest BCUT2D eigenvalue weighted by Crippen LogP contribution is 2.41. The lowest BCUT2D eigenvalue weighted by atomic mass is 9.80. The van der Waals surface area contributed by atoms with E-state index in [-0.39, 0.29) is 5.92 Å². The van der Waals surface area contributed by atoms with Crippen molar-refractivity contribution in [1.29, 1.82) is 5.26 Å². The van der Waals surface area contributed by atoms with E-state index < -0.39 is 0 Å². The predicted molar refractivity (Wildman–Crippen MR) is 80.3 cm³/mol. The molecule has 1 fully saturated rings. The van der Waals surface area contributed by atoms with Crippen LogP contribution in [0.15, 0.2) is 4.34 Å². The van der Waals surface area contributed by atoms with Crippen LogP contribution >= 0.6 is 23.3 Å². The van der Waals surface area contributed by atoms with Crippen molar-refractivity contribution in [2.45, 2.75) is 62.0 Å². The maximum atomic E-state index is 9.31. The van der Waals surface area contributed by atoms with Gasteiger partial charge < -0.3 is 0 Å². The number of hydrogen-bond donors (Lipinski definition) is 0. The summed E-state index contributed by atoms with van der Waals surface area (Å²) in [4.78, 5) is 4.52. The summed E-state index contributed by atoms with van der Waals surface area (Å²) in [6.07, 6.45) is 6.88.